The number of imidazole rings is 1. The number of aliphatic hydroxyl groups excluding tert-OH is 1. The van der Waals surface area contributed by atoms with Crippen molar-refractivity contribution in [1.82, 2.24) is 9.38 Å². The fraction of sp³-hybridized carbons (Fsp3) is 0.133. The van der Waals surface area contributed by atoms with E-state index in [0.717, 1.165) is 16.9 Å². The van der Waals surface area contributed by atoms with Gasteiger partial charge in [0.25, 0.3) is 0 Å². The Kier molecular flexibility index (Phi) is 2.61. The van der Waals surface area contributed by atoms with Crippen molar-refractivity contribution in [2.75, 3.05) is 0 Å². The van der Waals surface area contributed by atoms with Gasteiger partial charge in [-0.1, -0.05) is 35.9 Å². The topological polar surface area (TPSA) is 37.5 Å². The summed E-state index contributed by atoms with van der Waals surface area (Å²) in [6, 6.07) is 14.1. The summed E-state index contributed by atoms with van der Waals surface area (Å²) in [4.78, 5) is 4.52. The van der Waals surface area contributed by atoms with Crippen LogP contribution in [-0.4, -0.2) is 14.5 Å². The first-order valence-corrected chi connectivity index (χ1v) is 5.93. The Hall–Kier alpha value is -2.13. The van der Waals surface area contributed by atoms with Gasteiger partial charge in [0, 0.05) is 11.8 Å². The van der Waals surface area contributed by atoms with Crippen LogP contribution in [0.25, 0.3) is 16.9 Å². The summed E-state index contributed by atoms with van der Waals surface area (Å²) in [5.41, 5.74) is 3.95. The van der Waals surface area contributed by atoms with E-state index in [1.54, 1.807) is 0 Å². The van der Waals surface area contributed by atoms with Crippen LogP contribution in [0, 0.1) is 6.92 Å². The van der Waals surface area contributed by atoms with Crippen LogP contribution in [0.2, 0.25) is 0 Å². The number of fused-ring (bicyclic) bond motifs is 1. The molecule has 0 spiro atoms. The molecule has 90 valence electrons. The van der Waals surface area contributed by atoms with Crippen LogP contribution in [0.4, 0.5) is 0 Å². The lowest BCUT2D eigenvalue weighted by Crippen LogP contribution is -1.88. The summed E-state index contributed by atoms with van der Waals surface area (Å²) < 4.78 is 2.01. The third-order valence-corrected chi connectivity index (χ3v) is 3.08. The molecule has 0 saturated heterocycles. The van der Waals surface area contributed by atoms with Gasteiger partial charge >= 0.3 is 0 Å². The van der Waals surface area contributed by atoms with Crippen LogP contribution >= 0.6 is 0 Å². The third kappa shape index (κ3) is 1.69. The number of hydrogen-bond acceptors (Lipinski definition) is 2. The van der Waals surface area contributed by atoms with Crippen molar-refractivity contribution in [2.45, 2.75) is 13.5 Å². The number of rotatable bonds is 2. The van der Waals surface area contributed by atoms with E-state index in [1.165, 1.54) is 5.56 Å². The van der Waals surface area contributed by atoms with E-state index < -0.39 is 0 Å². The lowest BCUT2D eigenvalue weighted by Gasteiger charge is -2.01. The van der Waals surface area contributed by atoms with E-state index in [4.69, 9.17) is 0 Å². The second-order valence-electron chi connectivity index (χ2n) is 4.36. The first-order valence-electron chi connectivity index (χ1n) is 5.93. The SMILES string of the molecule is Cc1ccc(-c2nc(CO)c3ccccn23)cc1. The van der Waals surface area contributed by atoms with Crippen molar-refractivity contribution in [3.63, 3.8) is 0 Å². The predicted octanol–water partition coefficient (Wildman–Crippen LogP) is 2.80. The van der Waals surface area contributed by atoms with Crippen LogP contribution < -0.4 is 0 Å². The molecule has 1 N–H and O–H groups in total. The van der Waals surface area contributed by atoms with Gasteiger partial charge in [0.15, 0.2) is 0 Å². The van der Waals surface area contributed by atoms with Gasteiger partial charge in [-0.2, -0.15) is 0 Å². The average Bonchev–Trinajstić information content (AvgIpc) is 2.79. The van der Waals surface area contributed by atoms with Crippen LogP contribution in [-0.2, 0) is 6.61 Å². The highest BCUT2D eigenvalue weighted by Gasteiger charge is 2.10. The molecular weight excluding hydrogens is 224 g/mol. The number of hydrogen-bond donors (Lipinski definition) is 1. The zero-order valence-corrected chi connectivity index (χ0v) is 10.2. The van der Waals surface area contributed by atoms with Crippen molar-refractivity contribution in [2.24, 2.45) is 0 Å². The molecule has 1 aromatic carbocycles. The molecule has 3 rings (SSSR count). The molecule has 0 unspecified atom stereocenters. The third-order valence-electron chi connectivity index (χ3n) is 3.08. The molecule has 0 radical (unpaired) electrons. The number of aromatic nitrogens is 2. The molecule has 0 amide bonds. The number of aliphatic hydroxyl groups is 1. The average molecular weight is 238 g/mol. The highest BCUT2D eigenvalue weighted by atomic mass is 16.3. The maximum atomic E-state index is 9.36. The van der Waals surface area contributed by atoms with Gasteiger partial charge in [0.2, 0.25) is 0 Å². The lowest BCUT2D eigenvalue weighted by atomic mass is 10.1. The monoisotopic (exact) mass is 238 g/mol. The minimum atomic E-state index is -0.0423. The summed E-state index contributed by atoms with van der Waals surface area (Å²) in [5, 5.41) is 9.36. The minimum absolute atomic E-state index is 0.0423. The molecule has 0 bridgehead atoms. The Labute approximate surface area is 105 Å². The first kappa shape index (κ1) is 11.0. The van der Waals surface area contributed by atoms with Crippen LogP contribution in [0.15, 0.2) is 48.7 Å². The molecule has 0 aliphatic heterocycles. The van der Waals surface area contributed by atoms with E-state index >= 15 is 0 Å². The second-order valence-corrected chi connectivity index (χ2v) is 4.36. The summed E-state index contributed by atoms with van der Waals surface area (Å²) >= 11 is 0. The molecule has 0 aliphatic carbocycles. The smallest absolute Gasteiger partial charge is 0.144 e. The van der Waals surface area contributed by atoms with Crippen molar-refractivity contribution in [3.8, 4) is 11.4 Å². The van der Waals surface area contributed by atoms with Crippen molar-refractivity contribution >= 4 is 5.52 Å². The largest absolute Gasteiger partial charge is 0.390 e. The van der Waals surface area contributed by atoms with E-state index in [2.05, 4.69) is 36.2 Å². The lowest BCUT2D eigenvalue weighted by molar-refractivity contribution is 0.279. The molecule has 3 aromatic rings. The van der Waals surface area contributed by atoms with Crippen molar-refractivity contribution in [3.05, 3.63) is 59.9 Å². The summed E-state index contributed by atoms with van der Waals surface area (Å²) in [7, 11) is 0. The Balaban J connectivity index is 2.26. The van der Waals surface area contributed by atoms with E-state index in [0.29, 0.717) is 5.69 Å². The number of nitrogens with zero attached hydrogens (tertiary/aromatic N) is 2. The van der Waals surface area contributed by atoms with E-state index in [9.17, 15) is 5.11 Å². The van der Waals surface area contributed by atoms with E-state index in [1.807, 2.05) is 28.8 Å². The van der Waals surface area contributed by atoms with Gasteiger partial charge in [-0.05, 0) is 19.1 Å². The van der Waals surface area contributed by atoms with Crippen LogP contribution in [0.5, 0.6) is 0 Å². The molecule has 0 aliphatic rings. The first-order chi connectivity index (χ1) is 8.79. The molecule has 3 nitrogen and oxygen atoms in total. The molecule has 0 atom stereocenters. The molecule has 3 heteroatoms. The Morgan fingerprint density at radius 3 is 2.61 bits per heavy atom. The van der Waals surface area contributed by atoms with Crippen molar-refractivity contribution < 1.29 is 5.11 Å². The van der Waals surface area contributed by atoms with Crippen LogP contribution in [0.3, 0.4) is 0 Å². The molecule has 18 heavy (non-hydrogen) atoms. The Bertz CT molecular complexity index is 683. The van der Waals surface area contributed by atoms with Crippen LogP contribution in [0.1, 0.15) is 11.3 Å². The van der Waals surface area contributed by atoms with Gasteiger partial charge in [-0.25, -0.2) is 4.98 Å². The van der Waals surface area contributed by atoms with Gasteiger partial charge in [0.1, 0.15) is 5.82 Å². The summed E-state index contributed by atoms with van der Waals surface area (Å²) in [6.45, 7) is 2.02. The molecule has 2 aromatic heterocycles. The molecular formula is C15H14N2O. The summed E-state index contributed by atoms with van der Waals surface area (Å²) in [5.74, 6) is 0.870. The maximum absolute atomic E-state index is 9.36. The van der Waals surface area contributed by atoms with E-state index in [-0.39, 0.29) is 6.61 Å². The normalized spacial score (nSPS) is 11.0. The zero-order chi connectivity index (χ0) is 12.5. The van der Waals surface area contributed by atoms with Gasteiger partial charge in [0.05, 0.1) is 17.8 Å². The molecule has 2 heterocycles. The van der Waals surface area contributed by atoms with Gasteiger partial charge < -0.3 is 5.11 Å². The van der Waals surface area contributed by atoms with Gasteiger partial charge in [-0.15, -0.1) is 0 Å². The highest BCUT2D eigenvalue weighted by molar-refractivity contribution is 5.65. The fourth-order valence-electron chi connectivity index (χ4n) is 2.12. The second kappa shape index (κ2) is 4.27. The van der Waals surface area contributed by atoms with Crippen molar-refractivity contribution in [1.29, 1.82) is 0 Å². The highest BCUT2D eigenvalue weighted by Crippen LogP contribution is 2.23. The zero-order valence-electron chi connectivity index (χ0n) is 10.2. The molecule has 0 saturated carbocycles. The predicted molar refractivity (Wildman–Crippen MR) is 71.3 cm³/mol. The summed E-state index contributed by atoms with van der Waals surface area (Å²) in [6.07, 6.45) is 1.97. The maximum Gasteiger partial charge on any atom is 0.144 e. The number of pyridine rings is 1. The Morgan fingerprint density at radius 2 is 1.89 bits per heavy atom. The quantitative estimate of drug-likeness (QED) is 0.745. The van der Waals surface area contributed by atoms with Gasteiger partial charge in [-0.3, -0.25) is 4.40 Å². The minimum Gasteiger partial charge on any atom is -0.390 e. The number of benzene rings is 1. The fourth-order valence-corrected chi connectivity index (χ4v) is 2.12. The standard InChI is InChI=1S/C15H14N2O/c1-11-5-7-12(8-6-11)15-16-13(10-18)14-4-2-3-9-17(14)15/h2-9,18H,10H2,1H3. The molecule has 0 fully saturated rings. The number of aryl methyl sites for hydroxylation is 1. The Morgan fingerprint density at radius 1 is 1.11 bits per heavy atom.